The van der Waals surface area contributed by atoms with Crippen molar-refractivity contribution in [1.82, 2.24) is 5.32 Å². The highest BCUT2D eigenvalue weighted by atomic mass is 16.5. The Morgan fingerprint density at radius 1 is 1.37 bits per heavy atom. The highest BCUT2D eigenvalue weighted by Crippen LogP contribution is 2.28. The summed E-state index contributed by atoms with van der Waals surface area (Å²) in [6.07, 6.45) is 0. The molecule has 0 aliphatic carbocycles. The fourth-order valence-electron chi connectivity index (χ4n) is 1.55. The summed E-state index contributed by atoms with van der Waals surface area (Å²) < 4.78 is 15.4. The number of nitrogen functional groups attached to an aromatic ring is 1. The average Bonchev–Trinajstić information content (AvgIpc) is 2.37. The third-order valence-corrected chi connectivity index (χ3v) is 2.37. The number of hydrogen-bond donors (Lipinski definition) is 2. The molecule has 1 atom stereocenters. The molecule has 1 aromatic rings. The largest absolute Gasteiger partial charge is 0.493 e. The molecule has 106 valence electrons. The summed E-state index contributed by atoms with van der Waals surface area (Å²) in [6.45, 7) is 2.22. The molecule has 1 aromatic carbocycles. The molecule has 0 saturated heterocycles. The number of ether oxygens (including phenoxy) is 3. The van der Waals surface area contributed by atoms with Crippen LogP contribution in [0.4, 0.5) is 5.69 Å². The van der Waals surface area contributed by atoms with Crippen molar-refractivity contribution < 1.29 is 19.0 Å². The maximum Gasteiger partial charge on any atom is 0.258 e. The normalized spacial score (nSPS) is 11.7. The lowest BCUT2D eigenvalue weighted by atomic mass is 10.3. The number of amides is 1. The number of anilines is 1. The second-order valence-corrected chi connectivity index (χ2v) is 4.12. The number of benzene rings is 1. The van der Waals surface area contributed by atoms with Crippen LogP contribution in [0, 0.1) is 0 Å². The summed E-state index contributed by atoms with van der Waals surface area (Å²) in [7, 11) is 3.10. The number of methoxy groups -OCH3 is 2. The van der Waals surface area contributed by atoms with Crippen LogP contribution >= 0.6 is 0 Å². The van der Waals surface area contributed by atoms with E-state index in [0.717, 1.165) is 0 Å². The van der Waals surface area contributed by atoms with Crippen molar-refractivity contribution in [2.24, 2.45) is 0 Å². The van der Waals surface area contributed by atoms with E-state index in [1.165, 1.54) is 7.11 Å². The first-order valence-electron chi connectivity index (χ1n) is 5.91. The van der Waals surface area contributed by atoms with Crippen molar-refractivity contribution in [3.63, 3.8) is 0 Å². The van der Waals surface area contributed by atoms with Crippen LogP contribution in [0.3, 0.4) is 0 Å². The Morgan fingerprint density at radius 2 is 2.11 bits per heavy atom. The summed E-state index contributed by atoms with van der Waals surface area (Å²) in [5.41, 5.74) is 6.20. The van der Waals surface area contributed by atoms with Gasteiger partial charge in [-0.05, 0) is 19.1 Å². The monoisotopic (exact) mass is 268 g/mol. The van der Waals surface area contributed by atoms with Gasteiger partial charge in [0.2, 0.25) is 0 Å². The Labute approximate surface area is 112 Å². The summed E-state index contributed by atoms with van der Waals surface area (Å²) in [5.74, 6) is 0.757. The molecule has 0 saturated carbocycles. The van der Waals surface area contributed by atoms with Crippen molar-refractivity contribution in [2.75, 3.05) is 33.2 Å². The summed E-state index contributed by atoms with van der Waals surface area (Å²) in [6, 6.07) is 4.93. The zero-order valence-corrected chi connectivity index (χ0v) is 11.4. The smallest absolute Gasteiger partial charge is 0.258 e. The minimum absolute atomic E-state index is 0.0607. The van der Waals surface area contributed by atoms with Crippen molar-refractivity contribution in [3.05, 3.63) is 18.2 Å². The Kier molecular flexibility index (Phi) is 5.95. The van der Waals surface area contributed by atoms with Crippen LogP contribution in [0.25, 0.3) is 0 Å². The Balaban J connectivity index is 2.50. The van der Waals surface area contributed by atoms with Crippen LogP contribution in [0.2, 0.25) is 0 Å². The Hall–Kier alpha value is -1.95. The van der Waals surface area contributed by atoms with E-state index >= 15 is 0 Å². The molecule has 0 spiro atoms. The van der Waals surface area contributed by atoms with Gasteiger partial charge in [0, 0.05) is 24.9 Å². The Bertz CT molecular complexity index is 423. The lowest BCUT2D eigenvalue weighted by Gasteiger charge is -2.14. The maximum atomic E-state index is 11.6. The van der Waals surface area contributed by atoms with E-state index in [4.69, 9.17) is 19.9 Å². The van der Waals surface area contributed by atoms with Gasteiger partial charge in [0.05, 0.1) is 13.7 Å². The zero-order valence-electron chi connectivity index (χ0n) is 11.4. The van der Waals surface area contributed by atoms with E-state index in [-0.39, 0.29) is 18.6 Å². The molecular formula is C13H20N2O4. The van der Waals surface area contributed by atoms with Gasteiger partial charge >= 0.3 is 0 Å². The Morgan fingerprint density at radius 3 is 2.74 bits per heavy atom. The second kappa shape index (κ2) is 7.48. The highest BCUT2D eigenvalue weighted by molar-refractivity contribution is 5.77. The topological polar surface area (TPSA) is 82.8 Å². The van der Waals surface area contributed by atoms with E-state index in [1.807, 2.05) is 6.92 Å². The number of nitrogens with one attached hydrogen (secondary N) is 1. The van der Waals surface area contributed by atoms with Crippen LogP contribution in [0.1, 0.15) is 6.92 Å². The second-order valence-electron chi connectivity index (χ2n) is 4.12. The highest BCUT2D eigenvalue weighted by Gasteiger charge is 2.10. The van der Waals surface area contributed by atoms with Gasteiger partial charge in [0.1, 0.15) is 0 Å². The van der Waals surface area contributed by atoms with Gasteiger partial charge in [0.25, 0.3) is 5.91 Å². The molecule has 0 bridgehead atoms. The van der Waals surface area contributed by atoms with Crippen LogP contribution in [-0.2, 0) is 9.53 Å². The average molecular weight is 268 g/mol. The van der Waals surface area contributed by atoms with Gasteiger partial charge in [-0.2, -0.15) is 0 Å². The molecule has 0 fully saturated rings. The minimum Gasteiger partial charge on any atom is -0.493 e. The van der Waals surface area contributed by atoms with Gasteiger partial charge in [-0.15, -0.1) is 0 Å². The van der Waals surface area contributed by atoms with E-state index in [0.29, 0.717) is 23.8 Å². The number of nitrogens with two attached hydrogens (primary N) is 1. The lowest BCUT2D eigenvalue weighted by molar-refractivity contribution is -0.124. The van der Waals surface area contributed by atoms with E-state index in [1.54, 1.807) is 25.3 Å². The molecule has 0 aliphatic rings. The van der Waals surface area contributed by atoms with Crippen LogP contribution in [-0.4, -0.2) is 39.4 Å². The third-order valence-electron chi connectivity index (χ3n) is 2.37. The molecule has 1 amide bonds. The molecule has 1 rings (SSSR count). The first-order valence-corrected chi connectivity index (χ1v) is 5.91. The van der Waals surface area contributed by atoms with Crippen LogP contribution < -0.4 is 20.5 Å². The van der Waals surface area contributed by atoms with Crippen molar-refractivity contribution in [1.29, 1.82) is 0 Å². The van der Waals surface area contributed by atoms with Gasteiger partial charge < -0.3 is 25.3 Å². The predicted octanol–water partition coefficient (Wildman–Crippen LogP) is 0.807. The van der Waals surface area contributed by atoms with Crippen LogP contribution in [0.5, 0.6) is 11.5 Å². The fourth-order valence-corrected chi connectivity index (χ4v) is 1.55. The first-order chi connectivity index (χ1) is 9.06. The molecule has 0 radical (unpaired) electrons. The quantitative estimate of drug-likeness (QED) is 0.715. The third kappa shape index (κ3) is 5.05. The molecule has 6 nitrogen and oxygen atoms in total. The predicted molar refractivity (Wildman–Crippen MR) is 72.4 cm³/mol. The van der Waals surface area contributed by atoms with Gasteiger partial charge in [-0.1, -0.05) is 0 Å². The lowest BCUT2D eigenvalue weighted by Crippen LogP contribution is -2.38. The van der Waals surface area contributed by atoms with Gasteiger partial charge in [-0.25, -0.2) is 0 Å². The molecule has 3 N–H and O–H groups in total. The molecule has 0 aromatic heterocycles. The number of rotatable bonds is 7. The summed E-state index contributed by atoms with van der Waals surface area (Å²) >= 11 is 0. The van der Waals surface area contributed by atoms with Gasteiger partial charge in [-0.3, -0.25) is 4.79 Å². The first kappa shape index (κ1) is 15.1. The van der Waals surface area contributed by atoms with Crippen molar-refractivity contribution >= 4 is 11.6 Å². The zero-order chi connectivity index (χ0) is 14.3. The summed E-state index contributed by atoms with van der Waals surface area (Å²) in [4.78, 5) is 11.6. The van der Waals surface area contributed by atoms with E-state index in [2.05, 4.69) is 5.32 Å². The molecular weight excluding hydrogens is 248 g/mol. The standard InChI is InChI=1S/C13H20N2O4/c1-9(7-17-2)15-13(16)8-19-11-5-4-10(14)6-12(11)18-3/h4-6,9H,7-8,14H2,1-3H3,(H,15,16). The minimum atomic E-state index is -0.219. The molecule has 1 unspecified atom stereocenters. The van der Waals surface area contributed by atoms with Crippen LogP contribution in [0.15, 0.2) is 18.2 Å². The van der Waals surface area contributed by atoms with Crippen molar-refractivity contribution in [2.45, 2.75) is 13.0 Å². The molecule has 0 heterocycles. The molecule has 0 aliphatic heterocycles. The number of carbonyl (C=O) groups excluding carboxylic acids is 1. The van der Waals surface area contributed by atoms with E-state index in [9.17, 15) is 4.79 Å². The van der Waals surface area contributed by atoms with Crippen molar-refractivity contribution in [3.8, 4) is 11.5 Å². The maximum absolute atomic E-state index is 11.6. The van der Waals surface area contributed by atoms with Gasteiger partial charge in [0.15, 0.2) is 18.1 Å². The summed E-state index contributed by atoms with van der Waals surface area (Å²) in [5, 5.41) is 2.75. The fraction of sp³-hybridized carbons (Fsp3) is 0.462. The number of hydrogen-bond acceptors (Lipinski definition) is 5. The SMILES string of the molecule is COCC(C)NC(=O)COc1ccc(N)cc1OC. The molecule has 19 heavy (non-hydrogen) atoms. The number of carbonyl (C=O) groups is 1. The van der Waals surface area contributed by atoms with E-state index < -0.39 is 0 Å². The molecule has 6 heteroatoms.